The van der Waals surface area contributed by atoms with Gasteiger partial charge in [-0.25, -0.2) is 9.97 Å². The van der Waals surface area contributed by atoms with Crippen molar-refractivity contribution < 1.29 is 14.3 Å². The van der Waals surface area contributed by atoms with Crippen molar-refractivity contribution in [1.29, 1.82) is 5.26 Å². The number of carbonyl (C=O) groups is 1. The van der Waals surface area contributed by atoms with Crippen LogP contribution in [0.15, 0.2) is 36.5 Å². The summed E-state index contributed by atoms with van der Waals surface area (Å²) < 4.78 is 11.1. The standard InChI is InChI=1S/C32H38BN6O3/c1-21-14-28(29(42-5)17-25(21)22-7-10-38(11-8-22)12-13-41-4)37-31-35-9-6-27(36-31)23-15-24(18-34)30-26(16-23)32(2,3)19-39(30)33-20-40/h6,9,14-17,20,22H,7-8,10-13,19H2,1-5H3,(H,35,36,37). The van der Waals surface area contributed by atoms with Gasteiger partial charge in [0, 0.05) is 43.1 Å². The van der Waals surface area contributed by atoms with Crippen LogP contribution >= 0.6 is 0 Å². The fourth-order valence-corrected chi connectivity index (χ4v) is 6.28. The van der Waals surface area contributed by atoms with E-state index in [1.54, 1.807) is 20.4 Å². The number of carbonyl (C=O) groups excluding carboxylic acids is 1. The van der Waals surface area contributed by atoms with Gasteiger partial charge in [0.15, 0.2) is 0 Å². The first-order valence-corrected chi connectivity index (χ1v) is 14.4. The van der Waals surface area contributed by atoms with Crippen LogP contribution in [-0.4, -0.2) is 75.5 Å². The number of methoxy groups -OCH3 is 2. The van der Waals surface area contributed by atoms with Gasteiger partial charge in [0.2, 0.25) is 5.95 Å². The number of ether oxygens (including phenoxy) is 2. The molecule has 1 aromatic heterocycles. The van der Waals surface area contributed by atoms with Gasteiger partial charge in [-0.05, 0) is 85.8 Å². The van der Waals surface area contributed by atoms with Crippen LogP contribution in [0.5, 0.6) is 5.75 Å². The molecular weight excluding hydrogens is 527 g/mol. The smallest absolute Gasteiger partial charge is 0.329 e. The molecular formula is C32H38BN6O3. The summed E-state index contributed by atoms with van der Waals surface area (Å²) in [7, 11) is 4.93. The summed E-state index contributed by atoms with van der Waals surface area (Å²) in [6.45, 7) is 10.9. The lowest BCUT2D eigenvalue weighted by Crippen LogP contribution is -2.35. The molecule has 0 saturated carbocycles. The fraction of sp³-hybridized carbons (Fsp3) is 0.438. The minimum absolute atomic E-state index is 0.238. The minimum Gasteiger partial charge on any atom is -0.495 e. The number of fused-ring (bicyclic) bond motifs is 1. The highest BCUT2D eigenvalue weighted by Gasteiger charge is 2.37. The van der Waals surface area contributed by atoms with E-state index >= 15 is 0 Å². The van der Waals surface area contributed by atoms with E-state index in [-0.39, 0.29) is 5.41 Å². The summed E-state index contributed by atoms with van der Waals surface area (Å²) in [6, 6.07) is 12.3. The Kier molecular flexibility index (Phi) is 8.81. The van der Waals surface area contributed by atoms with Crippen LogP contribution in [0.3, 0.4) is 0 Å². The van der Waals surface area contributed by atoms with Crippen molar-refractivity contribution in [2.75, 3.05) is 57.1 Å². The lowest BCUT2D eigenvalue weighted by atomic mass is 9.84. The molecule has 0 aliphatic carbocycles. The zero-order valence-electron chi connectivity index (χ0n) is 25.1. The van der Waals surface area contributed by atoms with E-state index in [4.69, 9.17) is 14.5 Å². The lowest BCUT2D eigenvalue weighted by Gasteiger charge is -2.33. The molecule has 2 aromatic carbocycles. The number of benzene rings is 2. The molecule has 1 N–H and O–H groups in total. The number of piperidine rings is 1. The summed E-state index contributed by atoms with van der Waals surface area (Å²) in [4.78, 5) is 24.9. The summed E-state index contributed by atoms with van der Waals surface area (Å²) in [5.74, 6) is 1.69. The largest absolute Gasteiger partial charge is 0.495 e. The first-order valence-electron chi connectivity index (χ1n) is 14.4. The summed E-state index contributed by atoms with van der Waals surface area (Å²) in [5, 5.41) is 13.4. The third kappa shape index (κ3) is 5.99. The van der Waals surface area contributed by atoms with Crippen molar-refractivity contribution in [3.8, 4) is 23.1 Å². The number of hydrogen-bond donors (Lipinski definition) is 1. The van der Waals surface area contributed by atoms with Crippen LogP contribution in [0, 0.1) is 18.3 Å². The predicted octanol–water partition coefficient (Wildman–Crippen LogP) is 4.81. The maximum Gasteiger partial charge on any atom is 0.329 e. The van der Waals surface area contributed by atoms with Gasteiger partial charge in [-0.3, -0.25) is 0 Å². The zero-order chi connectivity index (χ0) is 29.9. The van der Waals surface area contributed by atoms with Crippen molar-refractivity contribution >= 4 is 30.9 Å². The van der Waals surface area contributed by atoms with E-state index in [1.807, 2.05) is 16.9 Å². The topological polar surface area (TPSA) is 104 Å². The Bertz CT molecular complexity index is 1500. The summed E-state index contributed by atoms with van der Waals surface area (Å²) in [5.41, 5.74) is 6.94. The van der Waals surface area contributed by atoms with Gasteiger partial charge in [-0.1, -0.05) is 13.8 Å². The highest BCUT2D eigenvalue weighted by Crippen LogP contribution is 2.44. The number of aromatic nitrogens is 2. The molecule has 42 heavy (non-hydrogen) atoms. The molecule has 0 atom stereocenters. The van der Waals surface area contributed by atoms with Crippen molar-refractivity contribution in [2.45, 2.75) is 44.9 Å². The van der Waals surface area contributed by atoms with Crippen molar-refractivity contribution in [1.82, 2.24) is 14.9 Å². The van der Waals surface area contributed by atoms with Crippen LogP contribution in [0.4, 0.5) is 17.3 Å². The Balaban J connectivity index is 1.40. The second kappa shape index (κ2) is 12.5. The fourth-order valence-electron chi connectivity index (χ4n) is 6.28. The number of aryl methyl sites for hydroxylation is 1. The first kappa shape index (κ1) is 29.6. The van der Waals surface area contributed by atoms with Gasteiger partial charge >= 0.3 is 7.41 Å². The Morgan fingerprint density at radius 3 is 2.69 bits per heavy atom. The van der Waals surface area contributed by atoms with E-state index < -0.39 is 0 Å². The molecule has 0 unspecified atom stereocenters. The average Bonchev–Trinajstić information content (AvgIpc) is 3.25. The van der Waals surface area contributed by atoms with E-state index in [0.29, 0.717) is 29.7 Å². The van der Waals surface area contributed by atoms with E-state index in [9.17, 15) is 10.1 Å². The lowest BCUT2D eigenvalue weighted by molar-refractivity contribution is 0.130. The van der Waals surface area contributed by atoms with Crippen LogP contribution in [-0.2, 0) is 14.9 Å². The average molecular weight is 566 g/mol. The number of nitriles is 1. The first-order chi connectivity index (χ1) is 20.3. The molecule has 2 aliphatic heterocycles. The van der Waals surface area contributed by atoms with Crippen LogP contribution in [0.1, 0.15) is 54.9 Å². The number of anilines is 3. The number of nitrogens with zero attached hydrogens (tertiary/aromatic N) is 5. The quantitative estimate of drug-likeness (QED) is 0.274. The Morgan fingerprint density at radius 2 is 2.00 bits per heavy atom. The molecule has 1 radical (unpaired) electrons. The monoisotopic (exact) mass is 565 g/mol. The SMILES string of the molecule is COCCN1CCC(c2cc(OC)c(Nc3nccc(-c4cc(C#N)c5c(c4)C(C)(C)CN5[B]C=O)n3)cc2C)CC1. The molecule has 2 aliphatic rings. The van der Waals surface area contributed by atoms with Gasteiger partial charge in [0.1, 0.15) is 18.0 Å². The Labute approximate surface area is 249 Å². The second-order valence-corrected chi connectivity index (χ2v) is 11.7. The number of likely N-dealkylation sites (tertiary alicyclic amines) is 1. The molecule has 0 spiro atoms. The third-order valence-electron chi connectivity index (χ3n) is 8.48. The summed E-state index contributed by atoms with van der Waals surface area (Å²) >= 11 is 0. The zero-order valence-corrected chi connectivity index (χ0v) is 25.1. The highest BCUT2D eigenvalue weighted by atomic mass is 16.5. The van der Waals surface area contributed by atoms with Crippen molar-refractivity contribution in [3.05, 3.63) is 58.8 Å². The third-order valence-corrected chi connectivity index (χ3v) is 8.48. The van der Waals surface area contributed by atoms with Gasteiger partial charge in [-0.15, -0.1) is 0 Å². The second-order valence-electron chi connectivity index (χ2n) is 11.7. The van der Waals surface area contributed by atoms with E-state index in [2.05, 4.69) is 60.2 Å². The Hall–Kier alpha value is -3.94. The molecule has 1 saturated heterocycles. The predicted molar refractivity (Wildman–Crippen MR) is 166 cm³/mol. The normalized spacial score (nSPS) is 16.5. The van der Waals surface area contributed by atoms with Crippen LogP contribution < -0.4 is 14.9 Å². The molecule has 1 fully saturated rings. The minimum atomic E-state index is -0.238. The Morgan fingerprint density at radius 1 is 1.21 bits per heavy atom. The maximum atomic E-state index is 11.2. The number of rotatable bonds is 10. The number of nitrogens with one attached hydrogen (secondary N) is 1. The molecule has 10 heteroatoms. The van der Waals surface area contributed by atoms with Crippen LogP contribution in [0.2, 0.25) is 0 Å². The number of hydrogen-bond acceptors (Lipinski definition) is 9. The van der Waals surface area contributed by atoms with E-state index in [0.717, 1.165) is 73.5 Å². The van der Waals surface area contributed by atoms with Gasteiger partial charge in [0.25, 0.3) is 0 Å². The molecule has 3 aromatic rings. The van der Waals surface area contributed by atoms with Crippen molar-refractivity contribution in [2.24, 2.45) is 0 Å². The van der Waals surface area contributed by atoms with E-state index in [1.165, 1.54) is 18.5 Å². The van der Waals surface area contributed by atoms with Gasteiger partial charge in [0.05, 0.1) is 30.7 Å². The molecule has 0 amide bonds. The van der Waals surface area contributed by atoms with Gasteiger partial charge < -0.3 is 29.3 Å². The highest BCUT2D eigenvalue weighted by molar-refractivity contribution is 6.70. The molecule has 9 nitrogen and oxygen atoms in total. The van der Waals surface area contributed by atoms with Crippen LogP contribution in [0.25, 0.3) is 11.3 Å². The van der Waals surface area contributed by atoms with Crippen molar-refractivity contribution in [3.63, 3.8) is 0 Å². The molecule has 0 bridgehead atoms. The summed E-state index contributed by atoms with van der Waals surface area (Å²) in [6.07, 6.45) is 4.70. The maximum absolute atomic E-state index is 11.2. The molecule has 217 valence electrons. The molecule has 3 heterocycles. The molecule has 5 rings (SSSR count). The van der Waals surface area contributed by atoms with Gasteiger partial charge in [-0.2, -0.15) is 5.26 Å².